The molecule has 0 amide bonds. The molecule has 0 aromatic carbocycles. The van der Waals surface area contributed by atoms with Crippen LogP contribution in [0.15, 0.2) is 0 Å². The smallest absolute Gasteiger partial charge is 0.281 e. The number of unbranched alkanes of at least 4 members (excludes halogenated alkanes) is 2. The molecule has 0 aliphatic heterocycles. The quantitative estimate of drug-likeness (QED) is 0.367. The van der Waals surface area contributed by atoms with E-state index in [0.29, 0.717) is 6.42 Å². The van der Waals surface area contributed by atoms with Gasteiger partial charge in [0.05, 0.1) is 0 Å². The van der Waals surface area contributed by atoms with Gasteiger partial charge in [0, 0.05) is 0 Å². The molecule has 0 fully saturated rings. The molecule has 1 atom stereocenters. The van der Waals surface area contributed by atoms with Crippen LogP contribution in [0.1, 0.15) is 32.6 Å². The lowest BCUT2D eigenvalue weighted by atomic mass is 9.97. The van der Waals surface area contributed by atoms with Crippen LogP contribution in [0.2, 0.25) is 0 Å². The average Bonchev–Trinajstić information content (AvgIpc) is 2.36. The van der Waals surface area contributed by atoms with Crippen molar-refractivity contribution in [2.45, 2.75) is 61.8 Å². The summed E-state index contributed by atoms with van der Waals surface area (Å²) in [5.74, 6) is -20.6. The second kappa shape index (κ2) is 6.65. The van der Waals surface area contributed by atoms with E-state index in [1.165, 1.54) is 6.92 Å². The lowest BCUT2D eigenvalue weighted by Crippen LogP contribution is -2.66. The van der Waals surface area contributed by atoms with Gasteiger partial charge in [0.15, 0.2) is 6.17 Å². The Kier molecular flexibility index (Phi) is 6.44. The fraction of sp³-hybridized carbons (Fsp3) is 1.00. The molecule has 0 saturated carbocycles. The summed E-state index contributed by atoms with van der Waals surface area (Å²) >= 11 is 0. The van der Waals surface area contributed by atoms with E-state index in [9.17, 15) is 47.9 Å². The second-order valence-electron chi connectivity index (χ2n) is 4.73. The van der Waals surface area contributed by atoms with E-state index in [0.717, 1.165) is 0 Å². The van der Waals surface area contributed by atoms with Crippen molar-refractivity contribution >= 4 is 10.1 Å². The fourth-order valence-corrected chi connectivity index (χ4v) is 1.96. The predicted octanol–water partition coefficient (Wildman–Crippen LogP) is 4.29. The highest BCUT2D eigenvalue weighted by molar-refractivity contribution is 7.87. The maximum atomic E-state index is 13.2. The zero-order chi connectivity index (χ0) is 18.9. The van der Waals surface area contributed by atoms with Crippen molar-refractivity contribution in [1.29, 1.82) is 0 Å². The zero-order valence-corrected chi connectivity index (χ0v) is 12.3. The Labute approximate surface area is 125 Å². The van der Waals surface area contributed by atoms with Gasteiger partial charge in [0.25, 0.3) is 0 Å². The molecule has 23 heavy (non-hydrogen) atoms. The molecule has 0 saturated heterocycles. The van der Waals surface area contributed by atoms with Gasteiger partial charge < -0.3 is 0 Å². The van der Waals surface area contributed by atoms with Crippen molar-refractivity contribution in [3.05, 3.63) is 0 Å². The average molecular weight is 384 g/mol. The van der Waals surface area contributed by atoms with Gasteiger partial charge in [-0.15, -0.1) is 0 Å². The van der Waals surface area contributed by atoms with Crippen LogP contribution in [-0.4, -0.2) is 42.2 Å². The Balaban J connectivity index is 5.75. The first-order valence-corrected chi connectivity index (χ1v) is 7.54. The molecule has 0 bridgehead atoms. The highest BCUT2D eigenvalue weighted by Crippen LogP contribution is 2.55. The van der Waals surface area contributed by atoms with Gasteiger partial charge in [-0.25, -0.2) is 4.39 Å². The Morgan fingerprint density at radius 2 is 1.35 bits per heavy atom. The minimum atomic E-state index is -7.26. The highest BCUT2D eigenvalue weighted by Gasteiger charge is 2.85. The van der Waals surface area contributed by atoms with Crippen molar-refractivity contribution in [3.8, 4) is 0 Å². The summed E-state index contributed by atoms with van der Waals surface area (Å²) in [4.78, 5) is 0. The normalized spacial score (nSPS) is 16.5. The topological polar surface area (TPSA) is 54.4 Å². The van der Waals surface area contributed by atoms with Crippen LogP contribution in [0.25, 0.3) is 0 Å². The first-order valence-electron chi connectivity index (χ1n) is 6.10. The Morgan fingerprint density at radius 3 is 1.70 bits per heavy atom. The second-order valence-corrected chi connectivity index (χ2v) is 6.19. The van der Waals surface area contributed by atoms with E-state index in [1.54, 1.807) is 0 Å². The van der Waals surface area contributed by atoms with Gasteiger partial charge in [0.1, 0.15) is 0 Å². The lowest BCUT2D eigenvalue weighted by Gasteiger charge is -2.36. The number of rotatable bonds is 9. The van der Waals surface area contributed by atoms with Gasteiger partial charge in [-0.1, -0.05) is 26.2 Å². The predicted molar refractivity (Wildman–Crippen MR) is 60.4 cm³/mol. The summed E-state index contributed by atoms with van der Waals surface area (Å²) in [6, 6.07) is 0. The Morgan fingerprint density at radius 1 is 0.913 bits per heavy atom. The molecule has 0 aliphatic rings. The van der Waals surface area contributed by atoms with Crippen LogP contribution in [0.3, 0.4) is 0 Å². The van der Waals surface area contributed by atoms with Crippen molar-refractivity contribution in [3.63, 3.8) is 0 Å². The van der Waals surface area contributed by atoms with Crippen molar-refractivity contribution in [2.24, 2.45) is 0 Å². The van der Waals surface area contributed by atoms with Gasteiger partial charge in [-0.3, -0.25) is 4.55 Å². The third-order valence-corrected chi connectivity index (χ3v) is 3.86. The molecule has 0 rings (SSSR count). The van der Waals surface area contributed by atoms with E-state index >= 15 is 0 Å². The number of hydrogen-bond acceptors (Lipinski definition) is 2. The third-order valence-electron chi connectivity index (χ3n) is 2.96. The summed E-state index contributed by atoms with van der Waals surface area (Å²) < 4.78 is 146. The van der Waals surface area contributed by atoms with Gasteiger partial charge >= 0.3 is 33.1 Å². The summed E-state index contributed by atoms with van der Waals surface area (Å²) in [5, 5.41) is -6.95. The molecule has 0 radical (unpaired) electrons. The molecule has 3 nitrogen and oxygen atoms in total. The number of halogens is 9. The SMILES string of the molecule is CCCCCC(F)C(F)(F)C(F)(F)C(F)(F)C(F)(F)S(=O)(=O)O. The van der Waals surface area contributed by atoms with Gasteiger partial charge in [-0.05, 0) is 6.42 Å². The minimum Gasteiger partial charge on any atom is -0.281 e. The summed E-state index contributed by atoms with van der Waals surface area (Å²) in [7, 11) is -7.17. The molecule has 0 aromatic rings. The van der Waals surface area contributed by atoms with Crippen LogP contribution >= 0.6 is 0 Å². The highest BCUT2D eigenvalue weighted by atomic mass is 32.2. The maximum absolute atomic E-state index is 13.2. The summed E-state index contributed by atoms with van der Waals surface area (Å²) in [6.45, 7) is 1.53. The third kappa shape index (κ3) is 3.69. The van der Waals surface area contributed by atoms with E-state index in [-0.39, 0.29) is 6.42 Å². The molecular formula is C10H13F9O3S. The monoisotopic (exact) mass is 384 g/mol. The van der Waals surface area contributed by atoms with E-state index < -0.39 is 52.2 Å². The van der Waals surface area contributed by atoms with Crippen molar-refractivity contribution in [1.82, 2.24) is 0 Å². The van der Waals surface area contributed by atoms with Crippen LogP contribution in [-0.2, 0) is 10.1 Å². The summed E-state index contributed by atoms with van der Waals surface area (Å²) in [5.41, 5.74) is 0. The van der Waals surface area contributed by atoms with E-state index in [2.05, 4.69) is 0 Å². The number of alkyl halides is 9. The first-order chi connectivity index (χ1) is 9.98. The lowest BCUT2D eigenvalue weighted by molar-refractivity contribution is -0.359. The van der Waals surface area contributed by atoms with Crippen molar-refractivity contribution in [2.75, 3.05) is 0 Å². The molecule has 0 aliphatic carbocycles. The molecule has 0 spiro atoms. The largest absolute Gasteiger partial charge is 0.438 e. The summed E-state index contributed by atoms with van der Waals surface area (Å²) in [6.07, 6.45) is -5.24. The standard InChI is InChI=1S/C10H13F9O3S/c1-2-3-4-5-6(11)7(12,13)8(14,15)9(16,17)10(18,19)23(20,21)22/h6H,2-5H2,1H3,(H,20,21,22). The molecule has 140 valence electrons. The minimum absolute atomic E-state index is 0.0830. The molecule has 13 heteroatoms. The number of hydrogen-bond donors (Lipinski definition) is 1. The van der Waals surface area contributed by atoms with Crippen LogP contribution in [0.4, 0.5) is 39.5 Å². The zero-order valence-electron chi connectivity index (χ0n) is 11.5. The van der Waals surface area contributed by atoms with Gasteiger partial charge in [0.2, 0.25) is 0 Å². The van der Waals surface area contributed by atoms with Crippen LogP contribution < -0.4 is 0 Å². The molecule has 1 unspecified atom stereocenters. The van der Waals surface area contributed by atoms with Crippen LogP contribution in [0, 0.1) is 0 Å². The Bertz CT molecular complexity index is 504. The van der Waals surface area contributed by atoms with Gasteiger partial charge in [-0.2, -0.15) is 43.5 Å². The van der Waals surface area contributed by atoms with Crippen LogP contribution in [0.5, 0.6) is 0 Å². The fourth-order valence-electron chi connectivity index (χ4n) is 1.51. The molecular weight excluding hydrogens is 371 g/mol. The Hall–Kier alpha value is -0.720. The maximum Gasteiger partial charge on any atom is 0.438 e. The van der Waals surface area contributed by atoms with Crippen molar-refractivity contribution < 1.29 is 52.5 Å². The first kappa shape index (κ1) is 22.3. The molecule has 0 aromatic heterocycles. The van der Waals surface area contributed by atoms with E-state index in [4.69, 9.17) is 4.55 Å². The molecule has 1 N–H and O–H groups in total. The molecule has 0 heterocycles. The van der Waals surface area contributed by atoms with E-state index in [1.807, 2.05) is 0 Å².